The second-order valence-electron chi connectivity index (χ2n) is 8.31. The fraction of sp³-hybridized carbons (Fsp3) is 0.280. The third-order valence-corrected chi connectivity index (χ3v) is 6.38. The van der Waals surface area contributed by atoms with Gasteiger partial charge in [0.15, 0.2) is 17.3 Å². The molecule has 0 N–H and O–H groups in total. The number of nitrogens with zero attached hydrogens (tertiary/aromatic N) is 4. The molecule has 2 aromatic carbocycles. The van der Waals surface area contributed by atoms with Crippen molar-refractivity contribution in [2.24, 2.45) is 0 Å². The molecule has 1 amide bonds. The van der Waals surface area contributed by atoms with Crippen molar-refractivity contribution in [2.75, 3.05) is 6.54 Å². The zero-order valence-electron chi connectivity index (χ0n) is 18.6. The van der Waals surface area contributed by atoms with Gasteiger partial charge in [0.25, 0.3) is 5.91 Å². The van der Waals surface area contributed by atoms with Gasteiger partial charge in [0.05, 0.1) is 0 Å². The Hall–Kier alpha value is -3.45. The summed E-state index contributed by atoms with van der Waals surface area (Å²) in [4.78, 5) is 24.4. The summed E-state index contributed by atoms with van der Waals surface area (Å²) in [5.74, 6) is 1.59. The normalized spacial score (nSPS) is 15.9. The van der Waals surface area contributed by atoms with Crippen LogP contribution in [0.3, 0.4) is 0 Å². The first kappa shape index (κ1) is 21.4. The summed E-state index contributed by atoms with van der Waals surface area (Å²) in [6.45, 7) is 6.24. The number of hydrogen-bond donors (Lipinski definition) is 0. The topological polar surface area (TPSA) is 85.3 Å². The van der Waals surface area contributed by atoms with Gasteiger partial charge in [-0.15, -0.1) is 0 Å². The third kappa shape index (κ3) is 3.93. The molecule has 33 heavy (non-hydrogen) atoms. The van der Waals surface area contributed by atoms with Crippen LogP contribution in [0.25, 0.3) is 22.7 Å². The summed E-state index contributed by atoms with van der Waals surface area (Å²) in [6.07, 6.45) is 1.57. The molecular formula is C25H23ClN4O3. The van der Waals surface area contributed by atoms with E-state index in [2.05, 4.69) is 15.1 Å². The molecule has 8 heteroatoms. The number of aryl methyl sites for hydroxylation is 2. The van der Waals surface area contributed by atoms with E-state index in [1.807, 2.05) is 56.3 Å². The Labute approximate surface area is 196 Å². The maximum absolute atomic E-state index is 13.6. The molecule has 1 atom stereocenters. The Morgan fingerprint density at radius 3 is 2.76 bits per heavy atom. The lowest BCUT2D eigenvalue weighted by atomic mass is 10.1. The van der Waals surface area contributed by atoms with Gasteiger partial charge in [0.2, 0.25) is 11.7 Å². The number of rotatable bonds is 4. The van der Waals surface area contributed by atoms with Crippen LogP contribution in [0.5, 0.6) is 0 Å². The van der Waals surface area contributed by atoms with E-state index >= 15 is 0 Å². The lowest BCUT2D eigenvalue weighted by Gasteiger charge is -2.21. The van der Waals surface area contributed by atoms with E-state index in [4.69, 9.17) is 20.5 Å². The largest absolute Gasteiger partial charge is 0.440 e. The predicted octanol–water partition coefficient (Wildman–Crippen LogP) is 5.95. The van der Waals surface area contributed by atoms with Gasteiger partial charge in [0.1, 0.15) is 6.04 Å². The standard InChI is InChI=1S/C25H23ClN4O3/c1-14-7-4-8-17(13-14)22-21(27-16(3)32-22)25(31)30-12-6-11-20(30)24-28-23(29-33-24)18-9-5-10-19(26)15(18)2/h4-5,7-10,13,20H,6,11-12H2,1-3H3/t20-/m0/s1. The molecule has 168 valence electrons. The Bertz CT molecular complexity index is 1340. The molecular weight excluding hydrogens is 440 g/mol. The Morgan fingerprint density at radius 2 is 1.94 bits per heavy atom. The molecule has 5 rings (SSSR count). The zero-order valence-corrected chi connectivity index (χ0v) is 19.4. The first-order valence-corrected chi connectivity index (χ1v) is 11.2. The monoisotopic (exact) mass is 462 g/mol. The smallest absolute Gasteiger partial charge is 0.277 e. The third-order valence-electron chi connectivity index (χ3n) is 5.97. The van der Waals surface area contributed by atoms with Crippen molar-refractivity contribution in [2.45, 2.75) is 39.7 Å². The van der Waals surface area contributed by atoms with Crippen molar-refractivity contribution in [1.82, 2.24) is 20.0 Å². The van der Waals surface area contributed by atoms with E-state index in [0.29, 0.717) is 40.6 Å². The molecule has 0 spiro atoms. The maximum Gasteiger partial charge on any atom is 0.277 e. The number of halogens is 1. The van der Waals surface area contributed by atoms with Crippen molar-refractivity contribution in [1.29, 1.82) is 0 Å². The van der Waals surface area contributed by atoms with Crippen LogP contribution in [0.1, 0.15) is 52.3 Å². The van der Waals surface area contributed by atoms with Crippen molar-refractivity contribution in [3.63, 3.8) is 0 Å². The minimum atomic E-state index is -0.319. The van der Waals surface area contributed by atoms with Crippen LogP contribution in [0.4, 0.5) is 0 Å². The van der Waals surface area contributed by atoms with Crippen molar-refractivity contribution < 1.29 is 13.7 Å². The first-order chi connectivity index (χ1) is 15.9. The minimum absolute atomic E-state index is 0.204. The van der Waals surface area contributed by atoms with E-state index in [0.717, 1.165) is 35.1 Å². The first-order valence-electron chi connectivity index (χ1n) is 10.9. The van der Waals surface area contributed by atoms with E-state index in [1.165, 1.54) is 0 Å². The van der Waals surface area contributed by atoms with E-state index in [-0.39, 0.29) is 11.9 Å². The van der Waals surface area contributed by atoms with Gasteiger partial charge in [-0.3, -0.25) is 4.79 Å². The van der Waals surface area contributed by atoms with Crippen molar-refractivity contribution >= 4 is 17.5 Å². The second kappa shape index (κ2) is 8.48. The lowest BCUT2D eigenvalue weighted by Crippen LogP contribution is -2.31. The Balaban J connectivity index is 1.47. The van der Waals surface area contributed by atoms with Gasteiger partial charge in [0, 0.05) is 29.6 Å². The summed E-state index contributed by atoms with van der Waals surface area (Å²) < 4.78 is 11.4. The van der Waals surface area contributed by atoms with Gasteiger partial charge in [-0.25, -0.2) is 4.98 Å². The number of amides is 1. The molecule has 3 heterocycles. The molecule has 0 radical (unpaired) electrons. The summed E-state index contributed by atoms with van der Waals surface area (Å²) in [7, 11) is 0. The second-order valence-corrected chi connectivity index (χ2v) is 8.71. The van der Waals surface area contributed by atoms with Crippen LogP contribution in [-0.4, -0.2) is 32.5 Å². The minimum Gasteiger partial charge on any atom is -0.440 e. The highest BCUT2D eigenvalue weighted by molar-refractivity contribution is 6.31. The Kier molecular flexibility index (Phi) is 5.50. The number of oxazole rings is 1. The van der Waals surface area contributed by atoms with E-state index < -0.39 is 0 Å². The molecule has 0 saturated carbocycles. The summed E-state index contributed by atoms with van der Waals surface area (Å²) >= 11 is 6.25. The van der Waals surface area contributed by atoms with Crippen LogP contribution in [0.2, 0.25) is 5.02 Å². The van der Waals surface area contributed by atoms with Crippen molar-refractivity contribution in [3.8, 4) is 22.7 Å². The average molecular weight is 463 g/mol. The molecule has 0 unspecified atom stereocenters. The van der Waals surface area contributed by atoms with Crippen LogP contribution >= 0.6 is 11.6 Å². The molecule has 7 nitrogen and oxygen atoms in total. The fourth-order valence-electron chi connectivity index (χ4n) is 4.29. The molecule has 4 aromatic rings. The molecule has 0 aliphatic carbocycles. The highest BCUT2D eigenvalue weighted by Gasteiger charge is 2.37. The van der Waals surface area contributed by atoms with E-state index in [9.17, 15) is 4.79 Å². The number of carbonyl (C=O) groups is 1. The lowest BCUT2D eigenvalue weighted by molar-refractivity contribution is 0.0705. The maximum atomic E-state index is 13.6. The zero-order chi connectivity index (χ0) is 23.1. The number of likely N-dealkylation sites (tertiary alicyclic amines) is 1. The molecule has 2 aromatic heterocycles. The predicted molar refractivity (Wildman–Crippen MR) is 124 cm³/mol. The van der Waals surface area contributed by atoms with Crippen LogP contribution in [0, 0.1) is 20.8 Å². The SMILES string of the molecule is Cc1cccc(-c2oc(C)nc2C(=O)N2CCC[C@H]2c2nc(-c3cccc(Cl)c3C)no2)c1. The average Bonchev–Trinajstić information content (AvgIpc) is 3.54. The highest BCUT2D eigenvalue weighted by atomic mass is 35.5. The molecule has 0 bridgehead atoms. The summed E-state index contributed by atoms with van der Waals surface area (Å²) in [6, 6.07) is 13.1. The number of carbonyl (C=O) groups excluding carboxylic acids is 1. The van der Waals surface area contributed by atoms with Crippen LogP contribution < -0.4 is 0 Å². The van der Waals surface area contributed by atoms with Gasteiger partial charge >= 0.3 is 0 Å². The summed E-state index contributed by atoms with van der Waals surface area (Å²) in [5.41, 5.74) is 3.89. The molecule has 1 aliphatic rings. The van der Waals surface area contributed by atoms with E-state index in [1.54, 1.807) is 11.8 Å². The molecule has 1 aliphatic heterocycles. The van der Waals surface area contributed by atoms with Gasteiger partial charge in [-0.1, -0.05) is 52.7 Å². The molecule has 1 fully saturated rings. The number of benzene rings is 2. The fourth-order valence-corrected chi connectivity index (χ4v) is 4.46. The highest BCUT2D eigenvalue weighted by Crippen LogP contribution is 2.36. The number of aromatic nitrogens is 3. The van der Waals surface area contributed by atoms with Crippen LogP contribution in [0.15, 0.2) is 51.4 Å². The Morgan fingerprint density at radius 1 is 1.12 bits per heavy atom. The van der Waals surface area contributed by atoms with Crippen molar-refractivity contribution in [3.05, 3.63) is 76.1 Å². The number of hydrogen-bond acceptors (Lipinski definition) is 6. The van der Waals surface area contributed by atoms with Gasteiger partial charge in [-0.2, -0.15) is 4.98 Å². The van der Waals surface area contributed by atoms with Gasteiger partial charge < -0.3 is 13.8 Å². The molecule has 1 saturated heterocycles. The van der Waals surface area contributed by atoms with Gasteiger partial charge in [-0.05, 0) is 44.4 Å². The quantitative estimate of drug-likeness (QED) is 0.372. The van der Waals surface area contributed by atoms with Crippen LogP contribution in [-0.2, 0) is 0 Å². The summed E-state index contributed by atoms with van der Waals surface area (Å²) in [5, 5.41) is 4.80.